The fraction of sp³-hybridized carbons (Fsp3) is 0.353. The summed E-state index contributed by atoms with van der Waals surface area (Å²) < 4.78 is 7.10. The largest absolute Gasteiger partial charge is 0.347 e. The van der Waals surface area contributed by atoms with Gasteiger partial charge in [0.05, 0.1) is 6.20 Å². The van der Waals surface area contributed by atoms with Gasteiger partial charge in [-0.2, -0.15) is 10.1 Å². The molecule has 6 nitrogen and oxygen atoms in total. The van der Waals surface area contributed by atoms with Crippen LogP contribution in [-0.2, 0) is 19.0 Å². The molecule has 0 spiro atoms. The molecule has 1 N–H and O–H groups in total. The van der Waals surface area contributed by atoms with Gasteiger partial charge in [0.1, 0.15) is 0 Å². The molecule has 1 aromatic carbocycles. The molecule has 0 saturated carbocycles. The normalized spacial score (nSPS) is 11.7. The summed E-state index contributed by atoms with van der Waals surface area (Å²) >= 11 is 0. The zero-order chi connectivity index (χ0) is 16.4. The molecule has 0 saturated heterocycles. The van der Waals surface area contributed by atoms with Crippen LogP contribution in [0.25, 0.3) is 11.1 Å². The Kier molecular flexibility index (Phi) is 3.90. The summed E-state index contributed by atoms with van der Waals surface area (Å²) in [6.07, 6.45) is 3.87. The highest BCUT2D eigenvalue weighted by Crippen LogP contribution is 2.24. The van der Waals surface area contributed by atoms with E-state index in [2.05, 4.69) is 32.7 Å². The topological polar surface area (TPSA) is 68.8 Å². The molecule has 0 amide bonds. The molecule has 0 atom stereocenters. The van der Waals surface area contributed by atoms with E-state index in [-0.39, 0.29) is 5.41 Å². The first-order chi connectivity index (χ1) is 10.9. The molecule has 23 heavy (non-hydrogen) atoms. The second-order valence-electron chi connectivity index (χ2n) is 6.59. The Bertz CT molecular complexity index is 797. The predicted molar refractivity (Wildman–Crippen MR) is 89.0 cm³/mol. The molecule has 0 radical (unpaired) electrons. The summed E-state index contributed by atoms with van der Waals surface area (Å²) in [6, 6.07) is 8.22. The number of nitrogens with zero attached hydrogens (tertiary/aromatic N) is 4. The lowest BCUT2D eigenvalue weighted by atomic mass is 9.97. The van der Waals surface area contributed by atoms with Gasteiger partial charge in [-0.15, -0.1) is 0 Å². The van der Waals surface area contributed by atoms with E-state index in [0.29, 0.717) is 18.4 Å². The maximum Gasteiger partial charge on any atom is 0.263 e. The highest BCUT2D eigenvalue weighted by molar-refractivity contribution is 5.66. The molecule has 6 heteroatoms. The molecule has 2 heterocycles. The molecule has 0 unspecified atom stereocenters. The standard InChI is InChI=1S/C17H21N5O/c1-17(2,3)15-20-16(21-23-15)18-9-12-7-5-6-8-14(12)13-10-19-22(4)11-13/h5-8,10-11H,9H2,1-4H3,(H,18,21). The quantitative estimate of drug-likeness (QED) is 0.800. The van der Waals surface area contributed by atoms with Gasteiger partial charge in [0.25, 0.3) is 5.95 Å². The smallest absolute Gasteiger partial charge is 0.263 e. The van der Waals surface area contributed by atoms with Crippen molar-refractivity contribution in [3.63, 3.8) is 0 Å². The van der Waals surface area contributed by atoms with Crippen LogP contribution in [-0.4, -0.2) is 19.9 Å². The number of nitrogens with one attached hydrogen (secondary N) is 1. The number of anilines is 1. The summed E-state index contributed by atoms with van der Waals surface area (Å²) in [6.45, 7) is 6.75. The summed E-state index contributed by atoms with van der Waals surface area (Å²) in [5.41, 5.74) is 3.24. The fourth-order valence-corrected chi connectivity index (χ4v) is 2.29. The molecule has 0 aliphatic rings. The molecule has 0 aliphatic carbocycles. The number of benzene rings is 1. The summed E-state index contributed by atoms with van der Waals surface area (Å²) in [7, 11) is 1.91. The molecule has 120 valence electrons. The molecular weight excluding hydrogens is 290 g/mol. The summed E-state index contributed by atoms with van der Waals surface area (Å²) in [5, 5.41) is 11.5. The first kappa shape index (κ1) is 15.3. The minimum atomic E-state index is -0.152. The van der Waals surface area contributed by atoms with Crippen molar-refractivity contribution >= 4 is 5.95 Å². The van der Waals surface area contributed by atoms with Gasteiger partial charge in [0.2, 0.25) is 5.89 Å². The number of hydrogen-bond acceptors (Lipinski definition) is 5. The lowest BCUT2D eigenvalue weighted by Crippen LogP contribution is -2.11. The van der Waals surface area contributed by atoms with Crippen LogP contribution in [0.1, 0.15) is 32.2 Å². The van der Waals surface area contributed by atoms with Crippen molar-refractivity contribution in [2.24, 2.45) is 7.05 Å². The first-order valence-corrected chi connectivity index (χ1v) is 7.58. The summed E-state index contributed by atoms with van der Waals surface area (Å²) in [5.74, 6) is 1.14. The van der Waals surface area contributed by atoms with Crippen LogP contribution < -0.4 is 5.32 Å². The average Bonchev–Trinajstić information content (AvgIpc) is 3.14. The van der Waals surface area contributed by atoms with Crippen LogP contribution in [0.5, 0.6) is 0 Å². The number of hydrogen-bond donors (Lipinski definition) is 1. The van der Waals surface area contributed by atoms with Crippen molar-refractivity contribution in [3.05, 3.63) is 48.1 Å². The van der Waals surface area contributed by atoms with Crippen molar-refractivity contribution in [2.45, 2.75) is 32.7 Å². The third kappa shape index (κ3) is 3.41. The van der Waals surface area contributed by atoms with Crippen molar-refractivity contribution in [1.82, 2.24) is 19.9 Å². The number of aryl methyl sites for hydroxylation is 1. The molecule has 2 aromatic heterocycles. The van der Waals surface area contributed by atoms with E-state index in [9.17, 15) is 0 Å². The van der Waals surface area contributed by atoms with Crippen LogP contribution >= 0.6 is 0 Å². The first-order valence-electron chi connectivity index (χ1n) is 7.58. The highest BCUT2D eigenvalue weighted by Gasteiger charge is 2.21. The van der Waals surface area contributed by atoms with Crippen molar-refractivity contribution < 1.29 is 4.52 Å². The van der Waals surface area contributed by atoms with Gasteiger partial charge in [-0.05, 0) is 16.3 Å². The fourth-order valence-electron chi connectivity index (χ4n) is 2.29. The van der Waals surface area contributed by atoms with E-state index < -0.39 is 0 Å². The Morgan fingerprint density at radius 2 is 2.00 bits per heavy atom. The monoisotopic (exact) mass is 311 g/mol. The third-order valence-electron chi connectivity index (χ3n) is 3.54. The van der Waals surface area contributed by atoms with Crippen LogP contribution in [0.15, 0.2) is 41.2 Å². The Balaban J connectivity index is 1.78. The van der Waals surface area contributed by atoms with E-state index >= 15 is 0 Å². The molecule has 3 rings (SSSR count). The molecule has 0 bridgehead atoms. The zero-order valence-electron chi connectivity index (χ0n) is 13.9. The Hall–Kier alpha value is -2.63. The van der Waals surface area contributed by atoms with Crippen LogP contribution in [0, 0.1) is 0 Å². The second-order valence-corrected chi connectivity index (χ2v) is 6.59. The van der Waals surface area contributed by atoms with Crippen molar-refractivity contribution in [3.8, 4) is 11.1 Å². The van der Waals surface area contributed by atoms with Crippen molar-refractivity contribution in [1.29, 1.82) is 0 Å². The van der Waals surface area contributed by atoms with Gasteiger partial charge >= 0.3 is 0 Å². The molecule has 0 fully saturated rings. The van der Waals surface area contributed by atoms with Gasteiger partial charge in [-0.1, -0.05) is 45.0 Å². The van der Waals surface area contributed by atoms with Crippen LogP contribution in [0.4, 0.5) is 5.95 Å². The van der Waals surface area contributed by atoms with Crippen molar-refractivity contribution in [2.75, 3.05) is 5.32 Å². The lowest BCUT2D eigenvalue weighted by molar-refractivity contribution is 0.321. The maximum absolute atomic E-state index is 5.30. The summed E-state index contributed by atoms with van der Waals surface area (Å²) in [4.78, 5) is 4.40. The molecule has 0 aliphatic heterocycles. The Morgan fingerprint density at radius 1 is 1.22 bits per heavy atom. The third-order valence-corrected chi connectivity index (χ3v) is 3.54. The average molecular weight is 311 g/mol. The van der Waals surface area contributed by atoms with Gasteiger partial charge in [-0.3, -0.25) is 4.68 Å². The van der Waals surface area contributed by atoms with Gasteiger partial charge in [-0.25, -0.2) is 0 Å². The van der Waals surface area contributed by atoms with Gasteiger partial charge in [0.15, 0.2) is 0 Å². The minimum absolute atomic E-state index is 0.152. The zero-order valence-corrected chi connectivity index (χ0v) is 13.9. The van der Waals surface area contributed by atoms with E-state index in [0.717, 1.165) is 16.7 Å². The Morgan fingerprint density at radius 3 is 2.65 bits per heavy atom. The van der Waals surface area contributed by atoms with Crippen LogP contribution in [0.3, 0.4) is 0 Å². The van der Waals surface area contributed by atoms with E-state index in [4.69, 9.17) is 4.52 Å². The number of aromatic nitrogens is 4. The Labute approximate surface area is 135 Å². The molecule has 3 aromatic rings. The second kappa shape index (κ2) is 5.87. The minimum Gasteiger partial charge on any atom is -0.347 e. The van der Waals surface area contributed by atoms with Crippen LogP contribution in [0.2, 0.25) is 0 Å². The van der Waals surface area contributed by atoms with E-state index in [1.54, 1.807) is 4.68 Å². The SMILES string of the molecule is Cn1cc(-c2ccccc2CNc2noc(C(C)(C)C)n2)cn1. The highest BCUT2D eigenvalue weighted by atomic mass is 16.5. The van der Waals surface area contributed by atoms with Gasteiger partial charge < -0.3 is 9.84 Å². The number of rotatable bonds is 4. The van der Waals surface area contributed by atoms with E-state index in [1.165, 1.54) is 0 Å². The lowest BCUT2D eigenvalue weighted by Gasteiger charge is -2.10. The van der Waals surface area contributed by atoms with E-state index in [1.807, 2.05) is 52.3 Å². The maximum atomic E-state index is 5.30. The van der Waals surface area contributed by atoms with Gasteiger partial charge in [0, 0.05) is 30.8 Å². The molecular formula is C17H21N5O. The predicted octanol–water partition coefficient (Wildman–Crippen LogP) is 3.38.